The van der Waals surface area contributed by atoms with Gasteiger partial charge in [0.15, 0.2) is 6.61 Å². The minimum Gasteiger partial charge on any atom is -0.482 e. The van der Waals surface area contributed by atoms with E-state index in [1.807, 2.05) is 30.3 Å². The predicted molar refractivity (Wildman–Crippen MR) is 126 cm³/mol. The van der Waals surface area contributed by atoms with Crippen LogP contribution in [0.5, 0.6) is 5.75 Å². The zero-order valence-corrected chi connectivity index (χ0v) is 20.0. The van der Waals surface area contributed by atoms with E-state index in [4.69, 9.17) is 16.3 Å². The highest BCUT2D eigenvalue weighted by Crippen LogP contribution is 2.28. The number of hydrogen-bond donors (Lipinski definition) is 1. The molecule has 1 aliphatic carbocycles. The Hall–Kier alpha value is -2.05. The molecular weight excluding hydrogens is 480 g/mol. The lowest BCUT2D eigenvalue weighted by Gasteiger charge is -2.31. The first-order chi connectivity index (χ1) is 14.9. The Morgan fingerprint density at radius 1 is 1.16 bits per heavy atom. The maximum absolute atomic E-state index is 13.1. The summed E-state index contributed by atoms with van der Waals surface area (Å²) in [5, 5.41) is 3.55. The molecule has 31 heavy (non-hydrogen) atoms. The summed E-state index contributed by atoms with van der Waals surface area (Å²) >= 11 is 9.55. The van der Waals surface area contributed by atoms with E-state index in [2.05, 4.69) is 21.2 Å². The summed E-state index contributed by atoms with van der Waals surface area (Å²) in [4.78, 5) is 27.6. The molecule has 0 heterocycles. The Morgan fingerprint density at radius 3 is 2.55 bits per heavy atom. The van der Waals surface area contributed by atoms with Crippen molar-refractivity contribution in [3.8, 4) is 5.75 Å². The number of halogens is 2. The van der Waals surface area contributed by atoms with Gasteiger partial charge in [0.2, 0.25) is 5.91 Å². The van der Waals surface area contributed by atoms with Crippen molar-refractivity contribution in [2.75, 3.05) is 6.61 Å². The van der Waals surface area contributed by atoms with Crippen molar-refractivity contribution in [1.29, 1.82) is 0 Å². The van der Waals surface area contributed by atoms with Crippen LogP contribution in [0.25, 0.3) is 0 Å². The standard InChI is InChI=1S/C24H28BrClN2O3/c1-17(24(30)27-20-10-6-3-7-11-20)28(15-18-8-4-2-5-9-18)23(29)16-31-22-13-12-19(25)14-21(22)26/h2,4-5,8-9,12-14,17,20H,3,6-7,10-11,15-16H2,1H3,(H,27,30)/t17-/m0/s1. The van der Waals surface area contributed by atoms with Gasteiger partial charge in [-0.2, -0.15) is 0 Å². The van der Waals surface area contributed by atoms with E-state index in [1.54, 1.807) is 30.0 Å². The van der Waals surface area contributed by atoms with E-state index in [0.29, 0.717) is 17.3 Å². The molecule has 7 heteroatoms. The van der Waals surface area contributed by atoms with Gasteiger partial charge in [-0.15, -0.1) is 0 Å². The molecule has 1 fully saturated rings. The second-order valence-electron chi connectivity index (χ2n) is 7.89. The lowest BCUT2D eigenvalue weighted by atomic mass is 9.95. The first-order valence-electron chi connectivity index (χ1n) is 10.7. The van der Waals surface area contributed by atoms with Gasteiger partial charge >= 0.3 is 0 Å². The SMILES string of the molecule is C[C@@H](C(=O)NC1CCCCC1)N(Cc1ccccc1)C(=O)COc1ccc(Br)cc1Cl. The lowest BCUT2D eigenvalue weighted by Crippen LogP contribution is -2.51. The van der Waals surface area contributed by atoms with Gasteiger partial charge in [0.1, 0.15) is 11.8 Å². The fraction of sp³-hybridized carbons (Fsp3) is 0.417. The molecule has 0 bridgehead atoms. The van der Waals surface area contributed by atoms with E-state index in [9.17, 15) is 9.59 Å². The smallest absolute Gasteiger partial charge is 0.261 e. The van der Waals surface area contributed by atoms with Crippen LogP contribution in [-0.2, 0) is 16.1 Å². The highest BCUT2D eigenvalue weighted by Gasteiger charge is 2.28. The Labute approximate surface area is 197 Å². The number of benzene rings is 2. The van der Waals surface area contributed by atoms with Crippen molar-refractivity contribution in [3.05, 3.63) is 63.6 Å². The molecule has 0 spiro atoms. The maximum Gasteiger partial charge on any atom is 0.261 e. The fourth-order valence-electron chi connectivity index (χ4n) is 3.75. The molecule has 2 amide bonds. The monoisotopic (exact) mass is 506 g/mol. The van der Waals surface area contributed by atoms with Crippen LogP contribution in [-0.4, -0.2) is 35.4 Å². The molecule has 0 aliphatic heterocycles. The number of ether oxygens (including phenoxy) is 1. The number of carbonyl (C=O) groups excluding carboxylic acids is 2. The van der Waals surface area contributed by atoms with Crippen molar-refractivity contribution in [2.45, 2.75) is 57.7 Å². The second-order valence-corrected chi connectivity index (χ2v) is 9.21. The average Bonchev–Trinajstić information content (AvgIpc) is 2.77. The third kappa shape index (κ3) is 6.97. The quantitative estimate of drug-likeness (QED) is 0.524. The van der Waals surface area contributed by atoms with Crippen LogP contribution in [0.1, 0.15) is 44.6 Å². The van der Waals surface area contributed by atoms with E-state index >= 15 is 0 Å². The van der Waals surface area contributed by atoms with Gasteiger partial charge in [-0.05, 0) is 43.5 Å². The largest absolute Gasteiger partial charge is 0.482 e. The Kier molecular flexibility index (Phi) is 8.79. The van der Waals surface area contributed by atoms with Crippen LogP contribution in [0.2, 0.25) is 5.02 Å². The predicted octanol–water partition coefficient (Wildman–Crippen LogP) is 5.35. The third-order valence-corrected chi connectivity index (χ3v) is 6.35. The van der Waals surface area contributed by atoms with E-state index in [-0.39, 0.29) is 24.5 Å². The van der Waals surface area contributed by atoms with E-state index in [0.717, 1.165) is 35.7 Å². The van der Waals surface area contributed by atoms with Crippen molar-refractivity contribution < 1.29 is 14.3 Å². The zero-order valence-electron chi connectivity index (χ0n) is 17.7. The Bertz CT molecular complexity index is 888. The molecule has 0 saturated heterocycles. The number of carbonyl (C=O) groups is 2. The van der Waals surface area contributed by atoms with Crippen molar-refractivity contribution in [1.82, 2.24) is 10.2 Å². The fourth-order valence-corrected chi connectivity index (χ4v) is 4.47. The van der Waals surface area contributed by atoms with Crippen LogP contribution in [0.4, 0.5) is 0 Å². The van der Waals surface area contributed by atoms with Gasteiger partial charge in [0.25, 0.3) is 5.91 Å². The lowest BCUT2D eigenvalue weighted by molar-refractivity contribution is -0.142. The number of hydrogen-bond acceptors (Lipinski definition) is 3. The van der Waals surface area contributed by atoms with Crippen molar-refractivity contribution in [2.24, 2.45) is 0 Å². The average molecular weight is 508 g/mol. The minimum absolute atomic E-state index is 0.127. The molecule has 5 nitrogen and oxygen atoms in total. The summed E-state index contributed by atoms with van der Waals surface area (Å²) < 4.78 is 6.51. The molecule has 1 atom stereocenters. The summed E-state index contributed by atoms with van der Waals surface area (Å²) in [7, 11) is 0. The Morgan fingerprint density at radius 2 is 1.87 bits per heavy atom. The van der Waals surface area contributed by atoms with Crippen LogP contribution >= 0.6 is 27.5 Å². The number of nitrogens with one attached hydrogen (secondary N) is 1. The molecule has 1 saturated carbocycles. The van der Waals surface area contributed by atoms with Crippen molar-refractivity contribution >= 4 is 39.3 Å². The molecule has 1 N–H and O–H groups in total. The summed E-state index contributed by atoms with van der Waals surface area (Å²) in [6.07, 6.45) is 5.48. The highest BCUT2D eigenvalue weighted by atomic mass is 79.9. The van der Waals surface area contributed by atoms with Crippen molar-refractivity contribution in [3.63, 3.8) is 0 Å². The molecule has 0 aromatic heterocycles. The van der Waals surface area contributed by atoms with Crippen LogP contribution < -0.4 is 10.1 Å². The second kappa shape index (κ2) is 11.5. The number of rotatable bonds is 8. The van der Waals surface area contributed by atoms with Crippen LogP contribution in [0, 0.1) is 0 Å². The molecule has 2 aromatic rings. The van der Waals surface area contributed by atoms with Crippen LogP contribution in [0.15, 0.2) is 53.0 Å². The van der Waals surface area contributed by atoms with Gasteiger partial charge in [-0.25, -0.2) is 0 Å². The molecule has 0 unspecified atom stereocenters. The molecule has 0 radical (unpaired) electrons. The molecule has 1 aliphatic rings. The van der Waals surface area contributed by atoms with Gasteiger partial charge in [-0.3, -0.25) is 9.59 Å². The Balaban J connectivity index is 1.69. The first kappa shape index (κ1) is 23.6. The maximum atomic E-state index is 13.1. The highest BCUT2D eigenvalue weighted by molar-refractivity contribution is 9.10. The van der Waals surface area contributed by atoms with Crippen LogP contribution in [0.3, 0.4) is 0 Å². The summed E-state index contributed by atoms with van der Waals surface area (Å²) in [6.45, 7) is 1.90. The zero-order chi connectivity index (χ0) is 22.2. The number of amides is 2. The summed E-state index contributed by atoms with van der Waals surface area (Å²) in [6, 6.07) is 14.4. The topological polar surface area (TPSA) is 58.6 Å². The van der Waals surface area contributed by atoms with Gasteiger partial charge in [0.05, 0.1) is 5.02 Å². The summed E-state index contributed by atoms with van der Waals surface area (Å²) in [5.74, 6) is 0.0316. The molecular formula is C24H28BrClN2O3. The van der Waals surface area contributed by atoms with Gasteiger partial charge in [0, 0.05) is 17.1 Å². The molecule has 3 rings (SSSR count). The van der Waals surface area contributed by atoms with Gasteiger partial charge < -0.3 is 15.0 Å². The summed E-state index contributed by atoms with van der Waals surface area (Å²) in [5.41, 5.74) is 0.954. The minimum atomic E-state index is -0.612. The molecule has 2 aromatic carbocycles. The molecule has 166 valence electrons. The first-order valence-corrected chi connectivity index (χ1v) is 11.8. The van der Waals surface area contributed by atoms with E-state index < -0.39 is 6.04 Å². The normalized spacial score (nSPS) is 15.2. The number of nitrogens with zero attached hydrogens (tertiary/aromatic N) is 1. The van der Waals surface area contributed by atoms with E-state index in [1.165, 1.54) is 6.42 Å². The third-order valence-electron chi connectivity index (χ3n) is 5.56. The van der Waals surface area contributed by atoms with Gasteiger partial charge in [-0.1, -0.05) is 77.1 Å².